The lowest BCUT2D eigenvalue weighted by molar-refractivity contribution is -0.387. The molecule has 0 aliphatic carbocycles. The van der Waals surface area contributed by atoms with Crippen LogP contribution in [-0.2, 0) is 0 Å². The lowest BCUT2D eigenvalue weighted by Gasteiger charge is -1.97. The molecule has 0 aliphatic rings. The molecule has 0 heterocycles. The van der Waals surface area contributed by atoms with Gasteiger partial charge in [-0.25, -0.2) is 0 Å². The first-order valence-electron chi connectivity index (χ1n) is 3.49. The third-order valence-corrected chi connectivity index (χ3v) is 2.28. The Bertz CT molecular complexity index is 359. The fourth-order valence-electron chi connectivity index (χ4n) is 0.840. The Hall–Kier alpha value is -1.54. The number of hydrogen-bond acceptors (Lipinski definition) is 4. The van der Waals surface area contributed by atoms with Crippen LogP contribution in [0, 0.1) is 21.4 Å². The van der Waals surface area contributed by atoms with Crippen LogP contribution in [0.3, 0.4) is 0 Å². The van der Waals surface area contributed by atoms with E-state index in [2.05, 4.69) is 0 Å². The van der Waals surface area contributed by atoms with E-state index in [1.807, 2.05) is 6.07 Å². The summed E-state index contributed by atoms with van der Waals surface area (Å²) in [4.78, 5) is 10.6. The van der Waals surface area contributed by atoms with E-state index in [4.69, 9.17) is 5.26 Å². The first-order chi connectivity index (χ1) is 6.25. The number of nitrogens with zero attached hydrogens (tertiary/aromatic N) is 2. The highest BCUT2D eigenvalue weighted by molar-refractivity contribution is 7.99. The van der Waals surface area contributed by atoms with Gasteiger partial charge in [-0.3, -0.25) is 10.1 Å². The minimum Gasteiger partial charge on any atom is -0.258 e. The van der Waals surface area contributed by atoms with Crippen molar-refractivity contribution in [1.82, 2.24) is 0 Å². The molecule has 5 heteroatoms. The van der Waals surface area contributed by atoms with Crippen molar-refractivity contribution in [2.24, 2.45) is 0 Å². The number of benzene rings is 1. The Morgan fingerprint density at radius 2 is 2.23 bits per heavy atom. The molecular weight excluding hydrogens is 188 g/mol. The van der Waals surface area contributed by atoms with E-state index in [-0.39, 0.29) is 11.4 Å². The summed E-state index contributed by atoms with van der Waals surface area (Å²) in [5, 5.41) is 18.8. The van der Waals surface area contributed by atoms with Crippen molar-refractivity contribution in [2.45, 2.75) is 4.90 Å². The molecule has 0 saturated carbocycles. The van der Waals surface area contributed by atoms with E-state index in [0.717, 1.165) is 0 Å². The molecule has 13 heavy (non-hydrogen) atoms. The van der Waals surface area contributed by atoms with Gasteiger partial charge in [0.2, 0.25) is 0 Å². The Morgan fingerprint density at radius 3 is 2.85 bits per heavy atom. The number of nitro benzene ring substituents is 1. The molecule has 1 rings (SSSR count). The van der Waals surface area contributed by atoms with Crippen LogP contribution in [-0.4, -0.2) is 10.7 Å². The predicted octanol–water partition coefficient (Wildman–Crippen LogP) is 2.21. The van der Waals surface area contributed by atoms with Crippen LogP contribution in [0.1, 0.15) is 0 Å². The van der Waals surface area contributed by atoms with Gasteiger partial charge in [0.15, 0.2) is 0 Å². The fraction of sp³-hybridized carbons (Fsp3) is 0.125. The van der Waals surface area contributed by atoms with Gasteiger partial charge in [-0.15, -0.1) is 11.8 Å². The van der Waals surface area contributed by atoms with Crippen LogP contribution in [0.15, 0.2) is 29.2 Å². The van der Waals surface area contributed by atoms with Crippen molar-refractivity contribution in [3.05, 3.63) is 34.4 Å². The van der Waals surface area contributed by atoms with E-state index >= 15 is 0 Å². The highest BCUT2D eigenvalue weighted by atomic mass is 32.2. The molecule has 0 N–H and O–H groups in total. The molecule has 0 aromatic heterocycles. The van der Waals surface area contributed by atoms with E-state index in [0.29, 0.717) is 4.90 Å². The molecule has 0 bridgehead atoms. The topological polar surface area (TPSA) is 66.9 Å². The van der Waals surface area contributed by atoms with Crippen LogP contribution >= 0.6 is 11.8 Å². The molecule has 1 aromatic carbocycles. The van der Waals surface area contributed by atoms with Gasteiger partial charge in [0.25, 0.3) is 5.69 Å². The summed E-state index contributed by atoms with van der Waals surface area (Å²) in [5.41, 5.74) is 0.0581. The fourth-order valence-corrected chi connectivity index (χ4v) is 1.53. The average Bonchev–Trinajstić information content (AvgIpc) is 2.15. The summed E-state index contributed by atoms with van der Waals surface area (Å²) in [6.07, 6.45) is 0. The molecule has 66 valence electrons. The van der Waals surface area contributed by atoms with Crippen molar-refractivity contribution in [1.29, 1.82) is 5.26 Å². The highest BCUT2D eigenvalue weighted by Crippen LogP contribution is 2.27. The third kappa shape index (κ3) is 2.46. The maximum atomic E-state index is 10.5. The predicted molar refractivity (Wildman–Crippen MR) is 49.4 cm³/mol. The second kappa shape index (κ2) is 4.48. The van der Waals surface area contributed by atoms with Crippen molar-refractivity contribution < 1.29 is 4.92 Å². The lowest BCUT2D eigenvalue weighted by atomic mass is 10.3. The largest absolute Gasteiger partial charge is 0.282 e. The molecule has 0 fully saturated rings. The second-order valence-corrected chi connectivity index (χ2v) is 3.19. The van der Waals surface area contributed by atoms with E-state index < -0.39 is 4.92 Å². The maximum Gasteiger partial charge on any atom is 0.282 e. The summed E-state index contributed by atoms with van der Waals surface area (Å²) in [6, 6.07) is 8.31. The average molecular weight is 194 g/mol. The number of hydrogen-bond donors (Lipinski definition) is 0. The summed E-state index contributed by atoms with van der Waals surface area (Å²) in [6.45, 7) is 0. The zero-order valence-corrected chi connectivity index (χ0v) is 7.45. The van der Waals surface area contributed by atoms with Gasteiger partial charge < -0.3 is 0 Å². The van der Waals surface area contributed by atoms with Crippen molar-refractivity contribution in [2.75, 3.05) is 5.75 Å². The summed E-state index contributed by atoms with van der Waals surface area (Å²) >= 11 is 1.17. The maximum absolute atomic E-state index is 10.5. The number of nitriles is 1. The van der Waals surface area contributed by atoms with E-state index in [1.165, 1.54) is 17.8 Å². The van der Waals surface area contributed by atoms with Crippen molar-refractivity contribution >= 4 is 17.4 Å². The van der Waals surface area contributed by atoms with Crippen LogP contribution in [0.25, 0.3) is 0 Å². The monoisotopic (exact) mass is 194 g/mol. The molecule has 0 radical (unpaired) electrons. The number of nitro groups is 1. The zero-order chi connectivity index (χ0) is 9.68. The Balaban J connectivity index is 2.92. The second-order valence-electron chi connectivity index (χ2n) is 2.17. The molecule has 0 saturated heterocycles. The first-order valence-corrected chi connectivity index (χ1v) is 4.47. The van der Waals surface area contributed by atoms with Gasteiger partial charge in [-0.1, -0.05) is 12.1 Å². The van der Waals surface area contributed by atoms with E-state index in [9.17, 15) is 10.1 Å². The summed E-state index contributed by atoms with van der Waals surface area (Å²) in [7, 11) is 0. The normalized spacial score (nSPS) is 9.15. The van der Waals surface area contributed by atoms with Crippen LogP contribution < -0.4 is 0 Å². The molecular formula is C8H6N2O2S. The Morgan fingerprint density at radius 1 is 1.54 bits per heavy atom. The van der Waals surface area contributed by atoms with Gasteiger partial charge in [-0.05, 0) is 6.07 Å². The molecule has 4 nitrogen and oxygen atoms in total. The SMILES string of the molecule is N#CCSc1ccccc1[N+](=O)[O-]. The summed E-state index contributed by atoms with van der Waals surface area (Å²) < 4.78 is 0. The van der Waals surface area contributed by atoms with Crippen LogP contribution in [0.4, 0.5) is 5.69 Å². The van der Waals surface area contributed by atoms with Crippen molar-refractivity contribution in [3.63, 3.8) is 0 Å². The molecule has 0 amide bonds. The van der Waals surface area contributed by atoms with Crippen LogP contribution in [0.5, 0.6) is 0 Å². The Labute approximate surface area is 79.3 Å². The van der Waals surface area contributed by atoms with Gasteiger partial charge in [0, 0.05) is 6.07 Å². The molecule has 1 aromatic rings. The van der Waals surface area contributed by atoms with Gasteiger partial charge in [0.05, 0.1) is 21.6 Å². The summed E-state index contributed by atoms with van der Waals surface area (Å²) in [5.74, 6) is 0.227. The minimum absolute atomic E-state index is 0.0581. The van der Waals surface area contributed by atoms with Crippen LogP contribution in [0.2, 0.25) is 0 Å². The highest BCUT2D eigenvalue weighted by Gasteiger charge is 2.11. The smallest absolute Gasteiger partial charge is 0.258 e. The molecule has 0 spiro atoms. The Kier molecular flexibility index (Phi) is 3.29. The third-order valence-electron chi connectivity index (χ3n) is 1.35. The first kappa shape index (κ1) is 9.55. The number of thioether (sulfide) groups is 1. The van der Waals surface area contributed by atoms with Gasteiger partial charge in [0.1, 0.15) is 0 Å². The molecule has 0 atom stereocenters. The van der Waals surface area contributed by atoms with Gasteiger partial charge in [-0.2, -0.15) is 5.26 Å². The number of rotatable bonds is 3. The van der Waals surface area contributed by atoms with E-state index in [1.54, 1.807) is 18.2 Å². The molecule has 0 aliphatic heterocycles. The standard InChI is InChI=1S/C8H6N2O2S/c9-5-6-13-8-4-2-1-3-7(8)10(11)12/h1-4H,6H2. The quantitative estimate of drug-likeness (QED) is 0.420. The van der Waals surface area contributed by atoms with Gasteiger partial charge >= 0.3 is 0 Å². The number of para-hydroxylation sites is 1. The molecule has 0 unspecified atom stereocenters. The zero-order valence-electron chi connectivity index (χ0n) is 6.64. The van der Waals surface area contributed by atoms with Crippen molar-refractivity contribution in [3.8, 4) is 6.07 Å². The minimum atomic E-state index is -0.445. The lowest BCUT2D eigenvalue weighted by Crippen LogP contribution is -1.90.